The minimum absolute atomic E-state index is 0.129. The summed E-state index contributed by atoms with van der Waals surface area (Å²) in [5, 5.41) is 10.9. The molecule has 9 heteroatoms. The van der Waals surface area contributed by atoms with Gasteiger partial charge in [-0.1, -0.05) is 79.2 Å². The molecule has 2 atom stereocenters. The second-order valence-electron chi connectivity index (χ2n) is 11.2. The van der Waals surface area contributed by atoms with Crippen molar-refractivity contribution in [2.24, 2.45) is 5.73 Å². The van der Waals surface area contributed by atoms with Crippen LogP contribution < -0.4 is 5.73 Å². The average Bonchev–Trinajstić information content (AvgIpc) is 3.31. The van der Waals surface area contributed by atoms with Crippen LogP contribution in [0.5, 0.6) is 0 Å². The lowest BCUT2D eigenvalue weighted by molar-refractivity contribution is -0.146. The van der Waals surface area contributed by atoms with E-state index in [9.17, 15) is 24.3 Å². The van der Waals surface area contributed by atoms with E-state index < -0.39 is 29.2 Å². The number of piperazine rings is 1. The molecule has 0 bridgehead atoms. The summed E-state index contributed by atoms with van der Waals surface area (Å²) in [6.45, 7) is 3.63. The maximum atomic E-state index is 13.3. The van der Waals surface area contributed by atoms with E-state index in [1.54, 1.807) is 12.1 Å². The van der Waals surface area contributed by atoms with Crippen molar-refractivity contribution in [1.82, 2.24) is 9.80 Å². The normalized spacial score (nSPS) is 18.4. The topological polar surface area (TPSA) is 130 Å². The van der Waals surface area contributed by atoms with Gasteiger partial charge in [-0.3, -0.25) is 24.1 Å². The Morgan fingerprint density at radius 2 is 1.56 bits per heavy atom. The molecule has 0 radical (unpaired) electrons. The molecule has 9 nitrogen and oxygen atoms in total. The number of carboxylic acids is 1. The first-order chi connectivity index (χ1) is 20.8. The van der Waals surface area contributed by atoms with E-state index >= 15 is 0 Å². The predicted octanol–water partition coefficient (Wildman–Crippen LogP) is 3.34. The Morgan fingerprint density at radius 3 is 2.23 bits per heavy atom. The number of nitrogens with two attached hydrogens (primary N) is 1. The highest BCUT2D eigenvalue weighted by atomic mass is 16.5. The van der Waals surface area contributed by atoms with Gasteiger partial charge in [-0.15, -0.1) is 0 Å². The summed E-state index contributed by atoms with van der Waals surface area (Å²) in [6, 6.07) is 22.2. The number of methoxy groups -OCH3 is 1. The number of benzene rings is 3. The monoisotopic (exact) mass is 583 g/mol. The summed E-state index contributed by atoms with van der Waals surface area (Å²) >= 11 is 0. The van der Waals surface area contributed by atoms with Crippen LogP contribution in [-0.4, -0.2) is 78.5 Å². The molecule has 1 fully saturated rings. The van der Waals surface area contributed by atoms with Crippen LogP contribution in [-0.2, 0) is 35.8 Å². The van der Waals surface area contributed by atoms with Crippen molar-refractivity contribution in [2.45, 2.75) is 37.0 Å². The number of carboxylic acid groups (broad SMARTS) is 1. The predicted molar refractivity (Wildman–Crippen MR) is 161 cm³/mol. The molecule has 2 unspecified atom stereocenters. The first-order valence-corrected chi connectivity index (χ1v) is 14.7. The van der Waals surface area contributed by atoms with Crippen LogP contribution in [0.3, 0.4) is 0 Å². The van der Waals surface area contributed by atoms with Crippen LogP contribution in [0.15, 0.2) is 72.8 Å². The van der Waals surface area contributed by atoms with Crippen molar-refractivity contribution in [2.75, 3.05) is 39.8 Å². The van der Waals surface area contributed by atoms with E-state index in [1.165, 1.54) is 7.11 Å². The molecule has 3 aromatic carbocycles. The summed E-state index contributed by atoms with van der Waals surface area (Å²) in [5.41, 5.74) is 8.02. The fourth-order valence-electron chi connectivity index (χ4n) is 6.67. The molecule has 5 rings (SSSR count). The molecule has 0 spiro atoms. The fraction of sp³-hybridized carbons (Fsp3) is 0.353. The maximum Gasteiger partial charge on any atom is 0.322 e. The molecular weight excluding hydrogens is 546 g/mol. The van der Waals surface area contributed by atoms with Gasteiger partial charge >= 0.3 is 11.9 Å². The maximum absolute atomic E-state index is 13.3. The number of amides is 2. The number of primary amides is 1. The highest BCUT2D eigenvalue weighted by Crippen LogP contribution is 2.54. The molecule has 0 saturated carbocycles. The van der Waals surface area contributed by atoms with E-state index in [4.69, 9.17) is 10.5 Å². The summed E-state index contributed by atoms with van der Waals surface area (Å²) in [7, 11) is 1.18. The van der Waals surface area contributed by atoms with Gasteiger partial charge in [0.15, 0.2) is 5.92 Å². The third-order valence-corrected chi connectivity index (χ3v) is 8.80. The quantitative estimate of drug-likeness (QED) is 0.201. The molecule has 3 aromatic rings. The SMILES string of the molecule is COC(=O)C(C(N)=O)c1cccc2c1C(CCCCN1CCN(C(=O)Cc3ccccc3)CC1)(C(=O)O)c1ccccc1-2. The Kier molecular flexibility index (Phi) is 8.92. The second kappa shape index (κ2) is 12.8. The van der Waals surface area contributed by atoms with Gasteiger partial charge in [0.25, 0.3) is 0 Å². The lowest BCUT2D eigenvalue weighted by Gasteiger charge is -2.35. The number of hydrogen-bond donors (Lipinski definition) is 2. The van der Waals surface area contributed by atoms with Gasteiger partial charge < -0.3 is 20.5 Å². The first kappa shape index (κ1) is 30.0. The highest BCUT2D eigenvalue weighted by molar-refractivity contribution is 6.06. The highest BCUT2D eigenvalue weighted by Gasteiger charge is 2.51. The summed E-state index contributed by atoms with van der Waals surface area (Å²) in [6.07, 6.45) is 2.03. The van der Waals surface area contributed by atoms with Gasteiger partial charge in [0, 0.05) is 26.2 Å². The van der Waals surface area contributed by atoms with Crippen LogP contribution in [0.4, 0.5) is 0 Å². The molecule has 2 aliphatic rings. The molecular formula is C34H37N3O6. The standard InChI is InChI=1S/C34H37N3O6/c1-43-32(40)29(31(35)39)26-14-9-13-25-24-12-5-6-15-27(24)34(30(25)26,33(41)42)16-7-8-17-36-18-20-37(21-19-36)28(38)22-23-10-3-2-4-11-23/h2-6,9-15,29H,7-8,16-22H2,1H3,(H2,35,39)(H,41,42). The Bertz CT molecular complexity index is 1520. The molecule has 1 aliphatic heterocycles. The number of hydrogen-bond acceptors (Lipinski definition) is 6. The molecule has 2 amide bonds. The molecule has 1 saturated heterocycles. The molecule has 3 N–H and O–H groups in total. The van der Waals surface area contributed by atoms with Crippen molar-refractivity contribution in [3.63, 3.8) is 0 Å². The zero-order valence-corrected chi connectivity index (χ0v) is 24.3. The van der Waals surface area contributed by atoms with Crippen molar-refractivity contribution >= 4 is 23.8 Å². The lowest BCUT2D eigenvalue weighted by atomic mass is 9.71. The number of carbonyl (C=O) groups is 4. The lowest BCUT2D eigenvalue weighted by Crippen LogP contribution is -2.49. The summed E-state index contributed by atoms with van der Waals surface area (Å²) in [5.74, 6) is -4.04. The first-order valence-electron chi connectivity index (χ1n) is 14.7. The van der Waals surface area contributed by atoms with Gasteiger partial charge in [-0.05, 0) is 52.8 Å². The smallest absolute Gasteiger partial charge is 0.322 e. The van der Waals surface area contributed by atoms with Crippen molar-refractivity contribution in [1.29, 1.82) is 0 Å². The zero-order chi connectivity index (χ0) is 30.6. The van der Waals surface area contributed by atoms with Gasteiger partial charge in [0.05, 0.1) is 13.5 Å². The molecule has 224 valence electrons. The van der Waals surface area contributed by atoms with Gasteiger partial charge in [0.1, 0.15) is 5.41 Å². The second-order valence-corrected chi connectivity index (χ2v) is 11.2. The Hall–Kier alpha value is -4.50. The number of aliphatic carboxylic acids is 1. The van der Waals surface area contributed by atoms with Crippen LogP contribution in [0.25, 0.3) is 11.1 Å². The van der Waals surface area contributed by atoms with E-state index in [1.807, 2.05) is 65.6 Å². The van der Waals surface area contributed by atoms with E-state index in [0.29, 0.717) is 42.6 Å². The number of ether oxygens (including phenoxy) is 1. The van der Waals surface area contributed by atoms with Crippen LogP contribution in [0, 0.1) is 0 Å². The summed E-state index contributed by atoms with van der Waals surface area (Å²) < 4.78 is 4.89. The third kappa shape index (κ3) is 5.77. The van der Waals surface area contributed by atoms with Crippen molar-refractivity contribution in [3.05, 3.63) is 95.1 Å². The van der Waals surface area contributed by atoms with Crippen LogP contribution in [0.2, 0.25) is 0 Å². The van der Waals surface area contributed by atoms with Crippen molar-refractivity contribution < 1.29 is 29.0 Å². The molecule has 1 aliphatic carbocycles. The number of carbonyl (C=O) groups excluding carboxylic acids is 3. The Morgan fingerprint density at radius 1 is 0.884 bits per heavy atom. The minimum atomic E-state index is -1.45. The van der Waals surface area contributed by atoms with E-state index in [2.05, 4.69) is 4.90 Å². The van der Waals surface area contributed by atoms with E-state index in [-0.39, 0.29) is 17.9 Å². The average molecular weight is 584 g/mol. The Balaban J connectivity index is 1.30. The number of esters is 1. The van der Waals surface area contributed by atoms with Gasteiger partial charge in [-0.2, -0.15) is 0 Å². The van der Waals surface area contributed by atoms with Crippen LogP contribution in [0.1, 0.15) is 47.4 Å². The number of nitrogens with zero attached hydrogens (tertiary/aromatic N) is 2. The molecule has 0 aromatic heterocycles. The van der Waals surface area contributed by atoms with Gasteiger partial charge in [-0.25, -0.2) is 0 Å². The largest absolute Gasteiger partial charge is 0.480 e. The van der Waals surface area contributed by atoms with E-state index in [0.717, 1.165) is 37.2 Å². The zero-order valence-electron chi connectivity index (χ0n) is 24.3. The number of rotatable bonds is 11. The minimum Gasteiger partial charge on any atom is -0.480 e. The molecule has 1 heterocycles. The van der Waals surface area contributed by atoms with Crippen LogP contribution >= 0.6 is 0 Å². The fourth-order valence-corrected chi connectivity index (χ4v) is 6.67. The number of unbranched alkanes of at least 4 members (excludes halogenated alkanes) is 1. The molecule has 43 heavy (non-hydrogen) atoms. The Labute approximate surface area is 251 Å². The number of fused-ring (bicyclic) bond motifs is 3. The summed E-state index contributed by atoms with van der Waals surface area (Å²) in [4.78, 5) is 55.4. The van der Waals surface area contributed by atoms with Gasteiger partial charge in [0.2, 0.25) is 11.8 Å². The van der Waals surface area contributed by atoms with Crippen molar-refractivity contribution in [3.8, 4) is 11.1 Å². The third-order valence-electron chi connectivity index (χ3n) is 8.80.